The molecule has 0 heterocycles. The summed E-state index contributed by atoms with van der Waals surface area (Å²) in [5, 5.41) is 3.48. The summed E-state index contributed by atoms with van der Waals surface area (Å²) in [6.45, 7) is 5.77. The van der Waals surface area contributed by atoms with Crippen LogP contribution in [0.25, 0.3) is 0 Å². The Morgan fingerprint density at radius 1 is 1.16 bits per heavy atom. The zero-order valence-electron chi connectivity index (χ0n) is 11.3. The van der Waals surface area contributed by atoms with Crippen molar-refractivity contribution in [3.63, 3.8) is 0 Å². The van der Waals surface area contributed by atoms with Crippen molar-refractivity contribution in [2.45, 2.75) is 37.8 Å². The van der Waals surface area contributed by atoms with Gasteiger partial charge in [0.15, 0.2) is 0 Å². The molecule has 1 rings (SSSR count). The predicted octanol–water partition coefficient (Wildman–Crippen LogP) is 2.79. The first kappa shape index (κ1) is 16.7. The second kappa shape index (κ2) is 5.97. The molecule has 0 aliphatic carbocycles. The van der Waals surface area contributed by atoms with Crippen LogP contribution in [0.5, 0.6) is 0 Å². The molecule has 0 amide bonds. The highest BCUT2D eigenvalue weighted by atomic mass is 35.5. The van der Waals surface area contributed by atoms with E-state index in [4.69, 9.17) is 23.2 Å². The van der Waals surface area contributed by atoms with Crippen LogP contribution in [0.3, 0.4) is 0 Å². The Balaban J connectivity index is 3.30. The molecule has 0 fully saturated rings. The third kappa shape index (κ3) is 4.61. The Morgan fingerprint density at radius 2 is 1.74 bits per heavy atom. The van der Waals surface area contributed by atoms with Crippen molar-refractivity contribution in [1.29, 1.82) is 0 Å². The fourth-order valence-corrected chi connectivity index (χ4v) is 3.85. The lowest BCUT2D eigenvalue weighted by atomic mass is 10.1. The second-order valence-electron chi connectivity index (χ2n) is 5.26. The maximum atomic E-state index is 12.3. The first-order valence-electron chi connectivity index (χ1n) is 5.73. The quantitative estimate of drug-likeness (QED) is 0.895. The molecule has 0 saturated carbocycles. The molecule has 0 unspecified atom stereocenters. The second-order valence-corrected chi connectivity index (χ2v) is 7.73. The van der Waals surface area contributed by atoms with Gasteiger partial charge in [0.1, 0.15) is 4.90 Å². The lowest BCUT2D eigenvalue weighted by molar-refractivity contribution is 0.491. The summed E-state index contributed by atoms with van der Waals surface area (Å²) in [5.41, 5.74) is 0.105. The van der Waals surface area contributed by atoms with E-state index < -0.39 is 15.6 Å². The van der Waals surface area contributed by atoms with Gasteiger partial charge in [0, 0.05) is 17.1 Å². The molecule has 0 saturated heterocycles. The van der Waals surface area contributed by atoms with Gasteiger partial charge in [-0.3, -0.25) is 0 Å². The third-order valence-electron chi connectivity index (χ3n) is 2.20. The maximum absolute atomic E-state index is 12.3. The van der Waals surface area contributed by atoms with Gasteiger partial charge in [0.05, 0.1) is 5.02 Å². The molecule has 108 valence electrons. The van der Waals surface area contributed by atoms with Crippen LogP contribution in [-0.4, -0.2) is 21.0 Å². The van der Waals surface area contributed by atoms with Crippen molar-refractivity contribution in [2.75, 3.05) is 7.05 Å². The van der Waals surface area contributed by atoms with Gasteiger partial charge >= 0.3 is 0 Å². The zero-order chi connectivity index (χ0) is 14.8. The van der Waals surface area contributed by atoms with Gasteiger partial charge in [-0.2, -0.15) is 0 Å². The Hall–Kier alpha value is -0.330. The lowest BCUT2D eigenvalue weighted by Crippen LogP contribution is -2.40. The van der Waals surface area contributed by atoms with Gasteiger partial charge in [-0.1, -0.05) is 23.2 Å². The summed E-state index contributed by atoms with van der Waals surface area (Å²) in [6.07, 6.45) is 0. The van der Waals surface area contributed by atoms with Crippen LogP contribution in [0.4, 0.5) is 0 Å². The summed E-state index contributed by atoms with van der Waals surface area (Å²) in [4.78, 5) is 0.0405. The highest BCUT2D eigenvalue weighted by molar-refractivity contribution is 7.89. The molecule has 0 spiro atoms. The topological polar surface area (TPSA) is 58.2 Å². The van der Waals surface area contributed by atoms with Crippen LogP contribution in [-0.2, 0) is 16.6 Å². The molecule has 1 aromatic rings. The van der Waals surface area contributed by atoms with Gasteiger partial charge in [0.25, 0.3) is 0 Å². The number of rotatable bonds is 4. The molecule has 0 atom stereocenters. The molecule has 0 bridgehead atoms. The lowest BCUT2D eigenvalue weighted by Gasteiger charge is -2.21. The van der Waals surface area contributed by atoms with Gasteiger partial charge in [-0.25, -0.2) is 13.1 Å². The molecule has 19 heavy (non-hydrogen) atoms. The van der Waals surface area contributed by atoms with E-state index in [2.05, 4.69) is 10.0 Å². The van der Waals surface area contributed by atoms with E-state index in [1.807, 2.05) is 0 Å². The Morgan fingerprint density at radius 3 is 2.21 bits per heavy atom. The van der Waals surface area contributed by atoms with Gasteiger partial charge in [0.2, 0.25) is 10.0 Å². The van der Waals surface area contributed by atoms with Crippen molar-refractivity contribution < 1.29 is 8.42 Å². The van der Waals surface area contributed by atoms with E-state index in [9.17, 15) is 8.42 Å². The van der Waals surface area contributed by atoms with Gasteiger partial charge in [-0.15, -0.1) is 0 Å². The number of benzene rings is 1. The minimum Gasteiger partial charge on any atom is -0.316 e. The summed E-state index contributed by atoms with van der Waals surface area (Å²) in [7, 11) is -1.92. The first-order valence-corrected chi connectivity index (χ1v) is 7.97. The maximum Gasteiger partial charge on any atom is 0.242 e. The van der Waals surface area contributed by atoms with Crippen LogP contribution in [0.1, 0.15) is 26.3 Å². The van der Waals surface area contributed by atoms with Gasteiger partial charge in [-0.05, 0) is 45.5 Å². The minimum absolute atomic E-state index is 0.0405. The summed E-state index contributed by atoms with van der Waals surface area (Å²) >= 11 is 12.0. The number of sulfonamides is 1. The smallest absolute Gasteiger partial charge is 0.242 e. The zero-order valence-corrected chi connectivity index (χ0v) is 13.7. The van der Waals surface area contributed by atoms with Crippen LogP contribution in [0.15, 0.2) is 17.0 Å². The number of halogens is 2. The van der Waals surface area contributed by atoms with Crippen molar-refractivity contribution in [3.05, 3.63) is 27.7 Å². The number of hydrogen-bond acceptors (Lipinski definition) is 3. The number of hydrogen-bond donors (Lipinski definition) is 2. The summed E-state index contributed by atoms with van der Waals surface area (Å²) < 4.78 is 27.1. The van der Waals surface area contributed by atoms with E-state index in [0.29, 0.717) is 17.1 Å². The monoisotopic (exact) mass is 324 g/mol. The SMILES string of the molecule is CNCc1cc(S(=O)(=O)NC(C)(C)C)c(Cl)cc1Cl. The molecule has 0 aromatic heterocycles. The van der Waals surface area contributed by atoms with E-state index in [-0.39, 0.29) is 9.92 Å². The van der Waals surface area contributed by atoms with Crippen LogP contribution >= 0.6 is 23.2 Å². The fourth-order valence-electron chi connectivity index (χ4n) is 1.56. The van der Waals surface area contributed by atoms with E-state index in [0.717, 1.165) is 0 Å². The first-order chi connectivity index (χ1) is 8.57. The predicted molar refractivity (Wildman–Crippen MR) is 79.3 cm³/mol. The molecular weight excluding hydrogens is 307 g/mol. The van der Waals surface area contributed by atoms with Gasteiger partial charge < -0.3 is 5.32 Å². The number of nitrogens with one attached hydrogen (secondary N) is 2. The minimum atomic E-state index is -3.67. The summed E-state index contributed by atoms with van der Waals surface area (Å²) in [5.74, 6) is 0. The van der Waals surface area contributed by atoms with E-state index in [1.165, 1.54) is 12.1 Å². The fraction of sp³-hybridized carbons (Fsp3) is 0.500. The Kier molecular flexibility index (Phi) is 5.26. The van der Waals surface area contributed by atoms with Crippen LogP contribution in [0.2, 0.25) is 10.0 Å². The average molecular weight is 325 g/mol. The van der Waals surface area contributed by atoms with Crippen molar-refractivity contribution in [3.8, 4) is 0 Å². The normalized spacial score (nSPS) is 12.7. The van der Waals surface area contributed by atoms with Crippen molar-refractivity contribution in [1.82, 2.24) is 10.0 Å². The Labute approximate surface area is 124 Å². The highest BCUT2D eigenvalue weighted by Crippen LogP contribution is 2.29. The molecule has 0 aliphatic heterocycles. The molecular formula is C12H18Cl2N2O2S. The molecule has 7 heteroatoms. The Bertz CT molecular complexity index is 566. The molecule has 0 aliphatic rings. The third-order valence-corrected chi connectivity index (χ3v) is 4.77. The van der Waals surface area contributed by atoms with Crippen molar-refractivity contribution in [2.24, 2.45) is 0 Å². The van der Waals surface area contributed by atoms with Crippen LogP contribution < -0.4 is 10.0 Å². The standard InChI is InChI=1S/C12H18Cl2N2O2S/c1-12(2,3)16-19(17,18)11-5-8(7-15-4)9(13)6-10(11)14/h5-6,15-16H,7H2,1-4H3. The molecule has 4 nitrogen and oxygen atoms in total. The molecule has 2 N–H and O–H groups in total. The van der Waals surface area contributed by atoms with Crippen LogP contribution in [0, 0.1) is 0 Å². The molecule has 1 aromatic carbocycles. The largest absolute Gasteiger partial charge is 0.316 e. The van der Waals surface area contributed by atoms with E-state index in [1.54, 1.807) is 27.8 Å². The van der Waals surface area contributed by atoms with E-state index >= 15 is 0 Å². The molecule has 0 radical (unpaired) electrons. The van der Waals surface area contributed by atoms with Crippen molar-refractivity contribution >= 4 is 33.2 Å². The highest BCUT2D eigenvalue weighted by Gasteiger charge is 2.25. The summed E-state index contributed by atoms with van der Waals surface area (Å²) in [6, 6.07) is 2.95. The average Bonchev–Trinajstić information content (AvgIpc) is 2.18.